The van der Waals surface area contributed by atoms with Gasteiger partial charge >= 0.3 is 0 Å². The molecule has 1 aromatic carbocycles. The lowest BCUT2D eigenvalue weighted by atomic mass is 10.1. The van der Waals surface area contributed by atoms with Crippen LogP contribution in [0, 0.1) is 5.82 Å². The van der Waals surface area contributed by atoms with Gasteiger partial charge in [-0.3, -0.25) is 0 Å². The van der Waals surface area contributed by atoms with Crippen LogP contribution in [-0.2, 0) is 6.42 Å². The summed E-state index contributed by atoms with van der Waals surface area (Å²) in [6.45, 7) is 0.505. The van der Waals surface area contributed by atoms with E-state index in [2.05, 4.69) is 0 Å². The van der Waals surface area contributed by atoms with Crippen molar-refractivity contribution in [2.45, 2.75) is 25.4 Å². The third-order valence-electron chi connectivity index (χ3n) is 2.18. The van der Waals surface area contributed by atoms with Crippen LogP contribution in [0.2, 0.25) is 0 Å². The number of hydrogen-bond donors (Lipinski definition) is 2. The second-order valence-corrected chi connectivity index (χ2v) is 3.40. The zero-order chi connectivity index (χ0) is 10.4. The molecule has 14 heavy (non-hydrogen) atoms. The second kappa shape index (κ2) is 5.73. The van der Waals surface area contributed by atoms with E-state index in [-0.39, 0.29) is 11.9 Å². The molecule has 0 unspecified atom stereocenters. The van der Waals surface area contributed by atoms with E-state index >= 15 is 0 Å². The largest absolute Gasteiger partial charge is 0.393 e. The van der Waals surface area contributed by atoms with Crippen molar-refractivity contribution >= 4 is 0 Å². The number of benzene rings is 1. The summed E-state index contributed by atoms with van der Waals surface area (Å²) in [6.07, 6.45) is 1.73. The summed E-state index contributed by atoms with van der Waals surface area (Å²) in [4.78, 5) is 0. The number of rotatable bonds is 5. The molecule has 1 atom stereocenters. The molecule has 0 radical (unpaired) electrons. The lowest BCUT2D eigenvalue weighted by Gasteiger charge is -2.08. The second-order valence-electron chi connectivity index (χ2n) is 3.40. The quantitative estimate of drug-likeness (QED) is 0.750. The molecule has 0 spiro atoms. The SMILES string of the molecule is NCC[C@@H](O)CCc1ccc(F)cc1. The van der Waals surface area contributed by atoms with Crippen LogP contribution in [0.3, 0.4) is 0 Å². The van der Waals surface area contributed by atoms with Gasteiger partial charge in [-0.05, 0) is 43.5 Å². The van der Waals surface area contributed by atoms with Crippen LogP contribution in [0.25, 0.3) is 0 Å². The minimum absolute atomic E-state index is 0.226. The Bertz CT molecular complexity index is 260. The predicted molar refractivity (Wildman–Crippen MR) is 54.4 cm³/mol. The van der Waals surface area contributed by atoms with Crippen molar-refractivity contribution in [2.24, 2.45) is 5.73 Å². The van der Waals surface area contributed by atoms with Crippen molar-refractivity contribution in [1.82, 2.24) is 0 Å². The Balaban J connectivity index is 2.34. The van der Waals surface area contributed by atoms with Gasteiger partial charge < -0.3 is 10.8 Å². The minimum atomic E-state index is -0.343. The Morgan fingerprint density at radius 3 is 2.43 bits per heavy atom. The molecule has 0 heterocycles. The summed E-state index contributed by atoms with van der Waals surface area (Å²) in [6, 6.07) is 6.35. The molecule has 1 aromatic rings. The number of nitrogens with two attached hydrogens (primary N) is 1. The zero-order valence-electron chi connectivity index (χ0n) is 8.12. The van der Waals surface area contributed by atoms with Crippen molar-refractivity contribution in [3.63, 3.8) is 0 Å². The van der Waals surface area contributed by atoms with Gasteiger partial charge in [0.2, 0.25) is 0 Å². The number of hydrogen-bond acceptors (Lipinski definition) is 2. The highest BCUT2D eigenvalue weighted by atomic mass is 19.1. The summed E-state index contributed by atoms with van der Waals surface area (Å²) >= 11 is 0. The highest BCUT2D eigenvalue weighted by Crippen LogP contribution is 2.08. The Hall–Kier alpha value is -0.930. The molecular formula is C11H16FNO. The number of aliphatic hydroxyl groups excluding tert-OH is 1. The summed E-state index contributed by atoms with van der Waals surface area (Å²) in [5.74, 6) is -0.226. The Kier molecular flexibility index (Phi) is 4.56. The molecule has 0 amide bonds. The molecule has 0 aliphatic heterocycles. The van der Waals surface area contributed by atoms with Crippen molar-refractivity contribution < 1.29 is 9.50 Å². The molecule has 0 aliphatic carbocycles. The first-order valence-electron chi connectivity index (χ1n) is 4.85. The van der Waals surface area contributed by atoms with Crippen LogP contribution in [0.15, 0.2) is 24.3 Å². The molecule has 0 saturated heterocycles. The third-order valence-corrected chi connectivity index (χ3v) is 2.18. The van der Waals surface area contributed by atoms with Gasteiger partial charge in [-0.1, -0.05) is 12.1 Å². The van der Waals surface area contributed by atoms with Gasteiger partial charge in [0.05, 0.1) is 6.10 Å². The fraction of sp³-hybridized carbons (Fsp3) is 0.455. The van der Waals surface area contributed by atoms with Gasteiger partial charge in [-0.15, -0.1) is 0 Å². The van der Waals surface area contributed by atoms with E-state index in [0.29, 0.717) is 19.4 Å². The normalized spacial score (nSPS) is 12.8. The molecule has 3 heteroatoms. The number of halogens is 1. The molecule has 78 valence electrons. The first-order valence-corrected chi connectivity index (χ1v) is 4.85. The molecule has 0 saturated carbocycles. The summed E-state index contributed by atoms with van der Waals surface area (Å²) in [7, 11) is 0. The van der Waals surface area contributed by atoms with Gasteiger partial charge in [-0.2, -0.15) is 0 Å². The number of aliphatic hydroxyl groups is 1. The molecule has 0 aromatic heterocycles. The maximum absolute atomic E-state index is 12.5. The number of aryl methyl sites for hydroxylation is 1. The Labute approximate surface area is 83.6 Å². The van der Waals surface area contributed by atoms with Crippen molar-refractivity contribution in [2.75, 3.05) is 6.54 Å². The van der Waals surface area contributed by atoms with E-state index in [4.69, 9.17) is 5.73 Å². The minimum Gasteiger partial charge on any atom is -0.393 e. The van der Waals surface area contributed by atoms with Crippen molar-refractivity contribution in [3.8, 4) is 0 Å². The van der Waals surface area contributed by atoms with Gasteiger partial charge in [0, 0.05) is 0 Å². The van der Waals surface area contributed by atoms with Crippen molar-refractivity contribution in [1.29, 1.82) is 0 Å². The summed E-state index contributed by atoms with van der Waals surface area (Å²) in [5, 5.41) is 9.41. The van der Waals surface area contributed by atoms with Crippen LogP contribution < -0.4 is 5.73 Å². The Morgan fingerprint density at radius 2 is 1.86 bits per heavy atom. The van der Waals surface area contributed by atoms with Crippen molar-refractivity contribution in [3.05, 3.63) is 35.6 Å². The lowest BCUT2D eigenvalue weighted by molar-refractivity contribution is 0.157. The first-order chi connectivity index (χ1) is 6.72. The Morgan fingerprint density at radius 1 is 1.21 bits per heavy atom. The van der Waals surface area contributed by atoms with Gasteiger partial charge in [0.25, 0.3) is 0 Å². The van der Waals surface area contributed by atoms with E-state index in [1.165, 1.54) is 12.1 Å². The zero-order valence-corrected chi connectivity index (χ0v) is 8.12. The first kappa shape index (κ1) is 11.1. The third kappa shape index (κ3) is 3.85. The van der Waals surface area contributed by atoms with E-state index in [1.807, 2.05) is 0 Å². The van der Waals surface area contributed by atoms with Gasteiger partial charge in [-0.25, -0.2) is 4.39 Å². The molecule has 2 nitrogen and oxygen atoms in total. The molecule has 1 rings (SSSR count). The topological polar surface area (TPSA) is 46.2 Å². The smallest absolute Gasteiger partial charge is 0.123 e. The summed E-state index contributed by atoms with van der Waals surface area (Å²) in [5.41, 5.74) is 6.35. The van der Waals surface area contributed by atoms with Gasteiger partial charge in [0.15, 0.2) is 0 Å². The van der Waals surface area contributed by atoms with Crippen LogP contribution in [0.1, 0.15) is 18.4 Å². The molecular weight excluding hydrogens is 181 g/mol. The molecule has 0 bridgehead atoms. The molecule has 0 aliphatic rings. The average molecular weight is 197 g/mol. The molecule has 0 fully saturated rings. The van der Waals surface area contributed by atoms with E-state index in [1.54, 1.807) is 12.1 Å². The maximum atomic E-state index is 12.5. The van der Waals surface area contributed by atoms with E-state index in [0.717, 1.165) is 12.0 Å². The molecule has 3 N–H and O–H groups in total. The maximum Gasteiger partial charge on any atom is 0.123 e. The van der Waals surface area contributed by atoms with Crippen LogP contribution in [0.4, 0.5) is 4.39 Å². The predicted octanol–water partition coefficient (Wildman–Crippen LogP) is 1.47. The highest BCUT2D eigenvalue weighted by Gasteiger charge is 2.03. The van der Waals surface area contributed by atoms with Crippen LogP contribution in [0.5, 0.6) is 0 Å². The fourth-order valence-electron chi connectivity index (χ4n) is 1.32. The summed E-state index contributed by atoms with van der Waals surface area (Å²) < 4.78 is 12.5. The monoisotopic (exact) mass is 197 g/mol. The standard InChI is InChI=1S/C11H16FNO/c12-10-4-1-9(2-5-10)3-6-11(14)7-8-13/h1-2,4-5,11,14H,3,6-8,13H2/t11-/m0/s1. The van der Waals surface area contributed by atoms with Gasteiger partial charge in [0.1, 0.15) is 5.82 Å². The van der Waals surface area contributed by atoms with Crippen LogP contribution >= 0.6 is 0 Å². The van der Waals surface area contributed by atoms with E-state index < -0.39 is 0 Å². The highest BCUT2D eigenvalue weighted by molar-refractivity contribution is 5.16. The fourth-order valence-corrected chi connectivity index (χ4v) is 1.32. The van der Waals surface area contributed by atoms with E-state index in [9.17, 15) is 9.50 Å². The lowest BCUT2D eigenvalue weighted by Crippen LogP contribution is -2.14. The van der Waals surface area contributed by atoms with Crippen LogP contribution in [-0.4, -0.2) is 17.8 Å². The average Bonchev–Trinajstić information content (AvgIpc) is 2.17.